The number of fused-ring (bicyclic) bond motifs is 1. The Morgan fingerprint density at radius 2 is 2.03 bits per heavy atom. The summed E-state index contributed by atoms with van der Waals surface area (Å²) >= 11 is 6.17. The van der Waals surface area contributed by atoms with E-state index in [2.05, 4.69) is 22.3 Å². The van der Waals surface area contributed by atoms with E-state index in [1.165, 1.54) is 0 Å². The fraction of sp³-hybridized carbons (Fsp3) is 0.261. The van der Waals surface area contributed by atoms with Crippen molar-refractivity contribution in [2.45, 2.75) is 25.3 Å². The van der Waals surface area contributed by atoms with Gasteiger partial charge in [-0.2, -0.15) is 5.26 Å². The summed E-state index contributed by atoms with van der Waals surface area (Å²) in [4.78, 5) is 0. The average molecular weight is 440 g/mol. The first-order valence-electron chi connectivity index (χ1n) is 9.74. The summed E-state index contributed by atoms with van der Waals surface area (Å²) in [7, 11) is -1.19. The topological polar surface area (TPSA) is 67.0 Å². The summed E-state index contributed by atoms with van der Waals surface area (Å²) in [6.07, 6.45) is 4.89. The van der Waals surface area contributed by atoms with E-state index in [0.29, 0.717) is 35.8 Å². The maximum Gasteiger partial charge on any atom is 0.140 e. The lowest BCUT2D eigenvalue weighted by Crippen LogP contribution is -2.37. The number of ether oxygens (including phenoxy) is 1. The Morgan fingerprint density at radius 3 is 2.70 bits per heavy atom. The molecule has 0 amide bonds. The fourth-order valence-electron chi connectivity index (χ4n) is 4.32. The highest BCUT2D eigenvalue weighted by Crippen LogP contribution is 2.45. The normalized spacial score (nSPS) is 16.7. The van der Waals surface area contributed by atoms with Crippen molar-refractivity contribution in [2.24, 2.45) is 0 Å². The van der Waals surface area contributed by atoms with Crippen LogP contribution in [-0.4, -0.2) is 21.6 Å². The molecule has 4 rings (SSSR count). The van der Waals surface area contributed by atoms with Crippen molar-refractivity contribution in [3.05, 3.63) is 76.6 Å². The molecule has 0 saturated carbocycles. The van der Waals surface area contributed by atoms with Crippen molar-refractivity contribution in [3.8, 4) is 6.07 Å². The minimum atomic E-state index is -1.19. The van der Waals surface area contributed by atoms with E-state index < -0.39 is 16.5 Å². The van der Waals surface area contributed by atoms with E-state index in [1.807, 2.05) is 54.7 Å². The van der Waals surface area contributed by atoms with E-state index in [0.717, 1.165) is 22.2 Å². The Bertz CT molecular complexity index is 1190. The molecule has 0 radical (unpaired) electrons. The molecular weight excluding hydrogens is 418 g/mol. The summed E-state index contributed by atoms with van der Waals surface area (Å²) in [6.45, 7) is 2.59. The van der Waals surface area contributed by atoms with Crippen LogP contribution in [0, 0.1) is 11.3 Å². The number of aromatic nitrogens is 1. The number of nitrogens with zero attached hydrogens (tertiary/aromatic N) is 2. The van der Waals surface area contributed by atoms with Gasteiger partial charge in [0.05, 0.1) is 29.5 Å². The Kier molecular flexibility index (Phi) is 5.59. The molecule has 2 aromatic carbocycles. The molecule has 2 unspecified atom stereocenters. The van der Waals surface area contributed by atoms with Gasteiger partial charge in [-0.3, -0.25) is 0 Å². The Labute approximate surface area is 183 Å². The van der Waals surface area contributed by atoms with E-state index >= 15 is 0 Å². The van der Waals surface area contributed by atoms with Crippen molar-refractivity contribution in [2.75, 3.05) is 17.6 Å². The number of hydrogen-bond donors (Lipinski definition) is 1. The van der Waals surface area contributed by atoms with Crippen molar-refractivity contribution >= 4 is 39.2 Å². The number of rotatable bonds is 6. The molecule has 7 heteroatoms. The first-order valence-corrected chi connectivity index (χ1v) is 11.7. The number of anilines is 1. The van der Waals surface area contributed by atoms with Crippen LogP contribution in [0.2, 0.25) is 5.02 Å². The summed E-state index contributed by atoms with van der Waals surface area (Å²) in [6, 6.07) is 17.9. The van der Waals surface area contributed by atoms with Crippen LogP contribution >= 0.6 is 11.6 Å². The summed E-state index contributed by atoms with van der Waals surface area (Å²) < 4.78 is 23.1. The molecule has 0 saturated heterocycles. The second-order valence-electron chi connectivity index (χ2n) is 7.22. The van der Waals surface area contributed by atoms with Crippen LogP contribution in [0.1, 0.15) is 25.3 Å². The van der Waals surface area contributed by atoms with Crippen LogP contribution in [0.25, 0.3) is 10.9 Å². The second kappa shape index (κ2) is 8.17. The molecule has 0 spiro atoms. The zero-order valence-electron chi connectivity index (χ0n) is 16.8. The number of halogens is 1. The summed E-state index contributed by atoms with van der Waals surface area (Å²) in [5, 5.41) is 11.4. The zero-order chi connectivity index (χ0) is 21.3. The van der Waals surface area contributed by atoms with Gasteiger partial charge < -0.3 is 14.0 Å². The summed E-state index contributed by atoms with van der Waals surface area (Å²) in [5.41, 5.74) is 2.72. The zero-order valence-corrected chi connectivity index (χ0v) is 18.4. The highest BCUT2D eigenvalue weighted by molar-refractivity contribution is 7.85. The van der Waals surface area contributed by atoms with E-state index in [4.69, 9.17) is 16.3 Å². The van der Waals surface area contributed by atoms with Crippen LogP contribution in [0.5, 0.6) is 0 Å². The van der Waals surface area contributed by atoms with Crippen molar-refractivity contribution in [1.29, 1.82) is 5.26 Å². The van der Waals surface area contributed by atoms with E-state index in [-0.39, 0.29) is 0 Å². The van der Waals surface area contributed by atoms with Gasteiger partial charge in [0.1, 0.15) is 22.3 Å². The lowest BCUT2D eigenvalue weighted by Gasteiger charge is -2.37. The predicted molar refractivity (Wildman–Crippen MR) is 122 cm³/mol. The van der Waals surface area contributed by atoms with Gasteiger partial charge in [-0.15, -0.1) is 0 Å². The fourth-order valence-corrected chi connectivity index (χ4v) is 4.93. The third-order valence-corrected chi connectivity index (χ3v) is 6.37. The van der Waals surface area contributed by atoms with Crippen LogP contribution in [0.15, 0.2) is 66.1 Å². The molecule has 3 aromatic rings. The molecule has 1 N–H and O–H groups in total. The van der Waals surface area contributed by atoms with Crippen molar-refractivity contribution in [3.63, 3.8) is 0 Å². The number of nitriles is 1. The quantitative estimate of drug-likeness (QED) is 0.562. The molecule has 1 aliphatic heterocycles. The molecule has 2 heterocycles. The van der Waals surface area contributed by atoms with Gasteiger partial charge in [-0.25, -0.2) is 4.21 Å². The van der Waals surface area contributed by atoms with Gasteiger partial charge in [-0.1, -0.05) is 36.7 Å². The molecule has 1 aromatic heterocycles. The Hall–Kier alpha value is -2.75. The molecule has 1 aliphatic rings. The molecule has 0 aliphatic carbocycles. The minimum absolute atomic E-state index is 0.494. The molecule has 5 nitrogen and oxygen atoms in total. The van der Waals surface area contributed by atoms with Crippen molar-refractivity contribution < 1.29 is 8.95 Å². The third-order valence-electron chi connectivity index (χ3n) is 5.61. The third kappa shape index (κ3) is 3.28. The van der Waals surface area contributed by atoms with Gasteiger partial charge in [0.15, 0.2) is 0 Å². The average Bonchev–Trinajstić information content (AvgIpc) is 3.38. The number of benzene rings is 2. The number of allylic oxidation sites excluding steroid dienone is 1. The lowest BCUT2D eigenvalue weighted by molar-refractivity contribution is 0.172. The molecule has 154 valence electrons. The van der Waals surface area contributed by atoms with Crippen LogP contribution in [0.3, 0.4) is 0 Å². The maximum absolute atomic E-state index is 11.8. The SMILES string of the molecule is CCC(C1=C(C#N)CCO1)(c1ccc(Cl)cc1)n1ccc2c(NS(C)=O)cccc21. The number of nitrogens with one attached hydrogen (secondary N) is 1. The first-order chi connectivity index (χ1) is 14.5. The molecule has 0 fully saturated rings. The van der Waals surface area contributed by atoms with Gasteiger partial charge in [0.2, 0.25) is 0 Å². The van der Waals surface area contributed by atoms with Gasteiger partial charge >= 0.3 is 0 Å². The van der Waals surface area contributed by atoms with Crippen LogP contribution < -0.4 is 4.72 Å². The summed E-state index contributed by atoms with van der Waals surface area (Å²) in [5.74, 6) is 0.685. The van der Waals surface area contributed by atoms with Gasteiger partial charge in [0.25, 0.3) is 0 Å². The van der Waals surface area contributed by atoms with Crippen LogP contribution in [0.4, 0.5) is 5.69 Å². The smallest absolute Gasteiger partial charge is 0.140 e. The van der Waals surface area contributed by atoms with Crippen molar-refractivity contribution in [1.82, 2.24) is 4.57 Å². The lowest BCUT2D eigenvalue weighted by atomic mass is 9.82. The molecule has 2 atom stereocenters. The standard InChI is InChI=1S/C23H22ClN3O2S/c1-3-23(17-7-9-18(24)10-8-17,22-16(15-25)12-14-29-22)27-13-11-19-20(26-30(2)28)5-4-6-21(19)27/h4-11,13,26H,3,12,14H2,1-2H3. The molecule has 0 bridgehead atoms. The van der Waals surface area contributed by atoms with E-state index in [1.54, 1.807) is 6.26 Å². The first kappa shape index (κ1) is 20.5. The Balaban J connectivity index is 2.04. The minimum Gasteiger partial charge on any atom is -0.494 e. The number of hydrogen-bond acceptors (Lipinski definition) is 3. The molecular formula is C23H22ClN3O2S. The monoisotopic (exact) mass is 439 g/mol. The highest BCUT2D eigenvalue weighted by Gasteiger charge is 2.43. The van der Waals surface area contributed by atoms with E-state index in [9.17, 15) is 9.47 Å². The molecule has 30 heavy (non-hydrogen) atoms. The highest BCUT2D eigenvalue weighted by atomic mass is 35.5. The predicted octanol–water partition coefficient (Wildman–Crippen LogP) is 5.35. The van der Waals surface area contributed by atoms with Gasteiger partial charge in [-0.05, 0) is 42.3 Å². The Morgan fingerprint density at radius 1 is 1.27 bits per heavy atom. The largest absolute Gasteiger partial charge is 0.494 e. The second-order valence-corrected chi connectivity index (χ2v) is 8.77. The maximum atomic E-state index is 11.8. The van der Waals surface area contributed by atoms with Crippen LogP contribution in [-0.2, 0) is 21.3 Å². The van der Waals surface area contributed by atoms with Gasteiger partial charge in [0, 0.05) is 29.3 Å².